The van der Waals surface area contributed by atoms with Gasteiger partial charge in [0.2, 0.25) is 23.4 Å². The van der Waals surface area contributed by atoms with E-state index in [1.165, 1.54) is 11.1 Å². The topological polar surface area (TPSA) is 129 Å². The quantitative estimate of drug-likeness (QED) is 0.241. The predicted octanol–water partition coefficient (Wildman–Crippen LogP) is 1.54. The fraction of sp³-hybridized carbons (Fsp3) is 0.348. The largest absolute Gasteiger partial charge is 0.481 e. The van der Waals surface area contributed by atoms with Crippen LogP contribution in [0.3, 0.4) is 0 Å². The predicted molar refractivity (Wildman–Crippen MR) is 122 cm³/mol. The number of carboxylic acid groups (broad SMARTS) is 1. The normalized spacial score (nSPS) is 14.8. The van der Waals surface area contributed by atoms with Gasteiger partial charge in [0, 0.05) is 31.9 Å². The summed E-state index contributed by atoms with van der Waals surface area (Å²) in [6.45, 7) is -0.810. The SMILES string of the molecule is O=C(O)C[C@H](NC(=O)CN1CCN(Cc2ccc(Cl)nc2)C(=O)C1)C(=O)COc1c(F)c(F)cc(F)c1F. The van der Waals surface area contributed by atoms with Crippen molar-refractivity contribution in [3.05, 3.63) is 58.4 Å². The molecule has 2 amide bonds. The van der Waals surface area contributed by atoms with Gasteiger partial charge in [-0.15, -0.1) is 0 Å². The summed E-state index contributed by atoms with van der Waals surface area (Å²) in [5.74, 6) is -12.5. The Bertz CT molecular complexity index is 1210. The Morgan fingerprint density at radius 2 is 1.82 bits per heavy atom. The van der Waals surface area contributed by atoms with Gasteiger partial charge in [-0.2, -0.15) is 8.78 Å². The second-order valence-corrected chi connectivity index (χ2v) is 8.67. The maximum atomic E-state index is 13.7. The summed E-state index contributed by atoms with van der Waals surface area (Å²) in [7, 11) is 0. The molecule has 1 fully saturated rings. The van der Waals surface area contributed by atoms with Crippen LogP contribution in [0.25, 0.3) is 0 Å². The molecule has 1 aliphatic rings. The first-order chi connectivity index (χ1) is 17.9. The minimum absolute atomic E-state index is 0.0494. The molecule has 1 saturated heterocycles. The lowest BCUT2D eigenvalue weighted by Gasteiger charge is -2.34. The average Bonchev–Trinajstić information content (AvgIpc) is 2.85. The summed E-state index contributed by atoms with van der Waals surface area (Å²) in [6.07, 6.45) is 0.630. The molecular weight excluding hydrogens is 540 g/mol. The van der Waals surface area contributed by atoms with Crippen LogP contribution in [0.1, 0.15) is 12.0 Å². The van der Waals surface area contributed by atoms with Gasteiger partial charge < -0.3 is 20.1 Å². The molecule has 38 heavy (non-hydrogen) atoms. The zero-order valence-electron chi connectivity index (χ0n) is 19.6. The van der Waals surface area contributed by atoms with Gasteiger partial charge in [0.25, 0.3) is 0 Å². The zero-order chi connectivity index (χ0) is 28.0. The summed E-state index contributed by atoms with van der Waals surface area (Å²) in [6, 6.07) is 1.58. The molecule has 2 aromatic rings. The van der Waals surface area contributed by atoms with Crippen LogP contribution in [-0.4, -0.2) is 82.3 Å². The van der Waals surface area contributed by atoms with Crippen molar-refractivity contribution in [2.24, 2.45) is 0 Å². The molecule has 2 N–H and O–H groups in total. The van der Waals surface area contributed by atoms with Gasteiger partial charge >= 0.3 is 5.97 Å². The summed E-state index contributed by atoms with van der Waals surface area (Å²) in [4.78, 5) is 55.6. The number of pyridine rings is 1. The molecule has 0 spiro atoms. The van der Waals surface area contributed by atoms with E-state index in [0.717, 1.165) is 5.56 Å². The fourth-order valence-corrected chi connectivity index (χ4v) is 3.68. The van der Waals surface area contributed by atoms with Crippen molar-refractivity contribution in [1.82, 2.24) is 20.1 Å². The van der Waals surface area contributed by atoms with Gasteiger partial charge in [0.1, 0.15) is 17.8 Å². The Hall–Kier alpha value is -3.78. The van der Waals surface area contributed by atoms with Crippen LogP contribution in [0, 0.1) is 23.3 Å². The van der Waals surface area contributed by atoms with E-state index in [1.54, 1.807) is 17.0 Å². The van der Waals surface area contributed by atoms with E-state index < -0.39 is 65.7 Å². The second kappa shape index (κ2) is 12.6. The molecule has 0 radical (unpaired) electrons. The Morgan fingerprint density at radius 3 is 2.39 bits per heavy atom. The minimum atomic E-state index is -1.88. The van der Waals surface area contributed by atoms with Crippen LogP contribution >= 0.6 is 11.6 Å². The summed E-state index contributed by atoms with van der Waals surface area (Å²) < 4.78 is 58.7. The molecular formula is C23H21ClF4N4O6. The number of rotatable bonds is 11. The fourth-order valence-electron chi connectivity index (χ4n) is 3.56. The van der Waals surface area contributed by atoms with E-state index in [4.69, 9.17) is 16.7 Å². The Kier molecular flexibility index (Phi) is 9.58. The summed E-state index contributed by atoms with van der Waals surface area (Å²) in [5, 5.41) is 11.6. The second-order valence-electron chi connectivity index (χ2n) is 8.29. The molecule has 0 aliphatic carbocycles. The van der Waals surface area contributed by atoms with Crippen molar-refractivity contribution in [3.63, 3.8) is 0 Å². The number of nitrogens with zero attached hydrogens (tertiary/aromatic N) is 3. The number of hydrogen-bond acceptors (Lipinski definition) is 7. The summed E-state index contributed by atoms with van der Waals surface area (Å²) >= 11 is 5.75. The molecule has 204 valence electrons. The van der Waals surface area contributed by atoms with Crippen molar-refractivity contribution in [3.8, 4) is 5.75 Å². The van der Waals surface area contributed by atoms with Gasteiger partial charge in [-0.25, -0.2) is 13.8 Å². The maximum absolute atomic E-state index is 13.7. The van der Waals surface area contributed by atoms with Crippen molar-refractivity contribution < 1.29 is 46.6 Å². The third-order valence-corrected chi connectivity index (χ3v) is 5.68. The molecule has 1 aromatic heterocycles. The third kappa shape index (κ3) is 7.61. The van der Waals surface area contributed by atoms with E-state index in [0.29, 0.717) is 11.7 Å². The number of carbonyl (C=O) groups is 4. The van der Waals surface area contributed by atoms with Crippen molar-refractivity contribution in [2.45, 2.75) is 19.0 Å². The number of carboxylic acids is 1. The number of ether oxygens (including phenoxy) is 1. The van der Waals surface area contributed by atoms with E-state index in [-0.39, 0.29) is 38.2 Å². The maximum Gasteiger partial charge on any atom is 0.305 e. The highest BCUT2D eigenvalue weighted by atomic mass is 35.5. The Balaban J connectivity index is 1.55. The third-order valence-electron chi connectivity index (χ3n) is 5.46. The molecule has 3 rings (SSSR count). The monoisotopic (exact) mass is 560 g/mol. The summed E-state index contributed by atoms with van der Waals surface area (Å²) in [5.41, 5.74) is 0.756. The molecule has 1 atom stereocenters. The van der Waals surface area contributed by atoms with Gasteiger partial charge in [-0.3, -0.25) is 24.1 Å². The number of aromatic nitrogens is 1. The van der Waals surface area contributed by atoms with E-state index in [1.807, 2.05) is 0 Å². The highest BCUT2D eigenvalue weighted by Gasteiger charge is 2.29. The molecule has 0 bridgehead atoms. The van der Waals surface area contributed by atoms with E-state index in [2.05, 4.69) is 15.0 Å². The van der Waals surface area contributed by atoms with Crippen LogP contribution in [0.2, 0.25) is 5.15 Å². The van der Waals surface area contributed by atoms with Crippen LogP contribution in [-0.2, 0) is 25.7 Å². The van der Waals surface area contributed by atoms with Crippen LogP contribution in [0.15, 0.2) is 24.4 Å². The van der Waals surface area contributed by atoms with Crippen molar-refractivity contribution in [2.75, 3.05) is 32.8 Å². The highest BCUT2D eigenvalue weighted by molar-refractivity contribution is 6.29. The van der Waals surface area contributed by atoms with Gasteiger partial charge in [0.05, 0.1) is 19.5 Å². The van der Waals surface area contributed by atoms with Gasteiger partial charge in [0.15, 0.2) is 23.2 Å². The molecule has 0 unspecified atom stereocenters. The molecule has 15 heteroatoms. The Labute approximate surface area is 218 Å². The first-order valence-electron chi connectivity index (χ1n) is 11.0. The molecule has 0 saturated carbocycles. The molecule has 2 heterocycles. The van der Waals surface area contributed by atoms with Crippen molar-refractivity contribution in [1.29, 1.82) is 0 Å². The zero-order valence-corrected chi connectivity index (χ0v) is 20.3. The standard InChI is InChI=1S/C23H21ClF4N4O6/c24-17-2-1-12(7-29-17)8-32-4-3-31(10-19(32)35)9-18(34)30-15(6-20(36)37)16(33)11-38-23-21(27)13(25)5-14(26)22(23)28/h1-2,5,7,15H,3-4,6,8-11H2,(H,30,34)(H,36,37)/t15-/m0/s1. The molecule has 10 nitrogen and oxygen atoms in total. The van der Waals surface area contributed by atoms with Crippen molar-refractivity contribution >= 4 is 35.2 Å². The average molecular weight is 561 g/mol. The van der Waals surface area contributed by atoms with E-state index >= 15 is 0 Å². The molecule has 1 aliphatic heterocycles. The smallest absolute Gasteiger partial charge is 0.305 e. The number of Topliss-reactive ketones (excluding diaryl/α,β-unsaturated/α-hetero) is 1. The first-order valence-corrected chi connectivity index (χ1v) is 11.4. The number of hydrogen-bond donors (Lipinski definition) is 2. The minimum Gasteiger partial charge on any atom is -0.481 e. The first kappa shape index (κ1) is 28.8. The van der Waals surface area contributed by atoms with Crippen LogP contribution < -0.4 is 10.1 Å². The number of benzene rings is 1. The number of nitrogens with one attached hydrogen (secondary N) is 1. The van der Waals surface area contributed by atoms with E-state index in [9.17, 15) is 36.7 Å². The number of aliphatic carboxylic acids is 1. The number of ketones is 1. The number of piperazine rings is 1. The lowest BCUT2D eigenvalue weighted by atomic mass is 10.1. The number of halogens is 5. The van der Waals surface area contributed by atoms with Crippen LogP contribution in [0.5, 0.6) is 5.75 Å². The lowest BCUT2D eigenvalue weighted by Crippen LogP contribution is -2.54. The van der Waals surface area contributed by atoms with Gasteiger partial charge in [-0.1, -0.05) is 17.7 Å². The molecule has 1 aromatic carbocycles. The number of amides is 2. The van der Waals surface area contributed by atoms with Crippen LogP contribution in [0.4, 0.5) is 17.6 Å². The lowest BCUT2D eigenvalue weighted by molar-refractivity contribution is -0.140. The Morgan fingerprint density at radius 1 is 1.13 bits per heavy atom. The number of carbonyl (C=O) groups excluding carboxylic acids is 3. The van der Waals surface area contributed by atoms with Gasteiger partial charge in [-0.05, 0) is 11.6 Å². The highest BCUT2D eigenvalue weighted by Crippen LogP contribution is 2.26.